The Morgan fingerprint density at radius 3 is 2.56 bits per heavy atom. The van der Waals surface area contributed by atoms with E-state index in [4.69, 9.17) is 16.3 Å². The van der Waals surface area contributed by atoms with Gasteiger partial charge in [-0.2, -0.15) is 5.10 Å². The minimum atomic E-state index is -0.790. The highest BCUT2D eigenvalue weighted by Crippen LogP contribution is 2.18. The fraction of sp³-hybridized carbons (Fsp3) is 0.250. The monoisotopic (exact) mass is 387 g/mol. The molecule has 0 aliphatic carbocycles. The van der Waals surface area contributed by atoms with Crippen LogP contribution < -0.4 is 15.5 Å². The van der Waals surface area contributed by atoms with Crippen LogP contribution in [-0.4, -0.2) is 24.6 Å². The summed E-state index contributed by atoms with van der Waals surface area (Å²) in [5.41, 5.74) is 3.86. The first-order valence-electron chi connectivity index (χ1n) is 8.67. The number of rotatable bonds is 8. The lowest BCUT2D eigenvalue weighted by atomic mass is 10.2. The molecular formula is C20H22ClN3O3. The molecule has 2 aromatic rings. The molecule has 2 aromatic carbocycles. The summed E-state index contributed by atoms with van der Waals surface area (Å²) >= 11 is 6.10. The predicted molar refractivity (Wildman–Crippen MR) is 106 cm³/mol. The number of carbonyl (C=O) groups is 2. The Kier molecular flexibility index (Phi) is 8.32. The van der Waals surface area contributed by atoms with Crippen molar-refractivity contribution in [3.05, 3.63) is 64.7 Å². The Morgan fingerprint density at radius 2 is 1.85 bits per heavy atom. The number of halogens is 1. The zero-order valence-electron chi connectivity index (χ0n) is 15.1. The van der Waals surface area contributed by atoms with Gasteiger partial charge >= 0.3 is 11.8 Å². The molecule has 0 atom stereocenters. The quantitative estimate of drug-likeness (QED) is 0.315. The van der Waals surface area contributed by atoms with Gasteiger partial charge in [0.05, 0.1) is 6.21 Å². The van der Waals surface area contributed by atoms with Gasteiger partial charge in [-0.25, -0.2) is 5.43 Å². The molecule has 0 aliphatic rings. The molecule has 0 bridgehead atoms. The maximum Gasteiger partial charge on any atom is 0.329 e. The van der Waals surface area contributed by atoms with E-state index in [2.05, 4.69) is 15.8 Å². The Hall–Kier alpha value is -2.86. The summed E-state index contributed by atoms with van der Waals surface area (Å²) in [5, 5.41) is 6.96. The zero-order chi connectivity index (χ0) is 19.5. The Bertz CT molecular complexity index is 791. The standard InChI is InChI=1S/C20H22ClN3O3/c1-2-3-12-22-19(25)20(26)24-23-13-15-8-10-17(11-9-15)27-14-16-6-4-5-7-18(16)21/h4-11,13H,2-3,12,14H2,1H3,(H,22,25)(H,24,26)/b23-13+. The van der Waals surface area contributed by atoms with Crippen molar-refractivity contribution in [2.75, 3.05) is 6.54 Å². The first-order chi connectivity index (χ1) is 13.1. The number of ether oxygens (including phenoxy) is 1. The molecule has 2 rings (SSSR count). The zero-order valence-corrected chi connectivity index (χ0v) is 15.8. The van der Waals surface area contributed by atoms with E-state index in [1.807, 2.05) is 31.2 Å². The Labute approximate surface area is 163 Å². The highest BCUT2D eigenvalue weighted by Gasteiger charge is 2.10. The van der Waals surface area contributed by atoms with Crippen molar-refractivity contribution in [2.45, 2.75) is 26.4 Å². The molecule has 0 aliphatic heterocycles. The van der Waals surface area contributed by atoms with Crippen LogP contribution >= 0.6 is 11.6 Å². The average molecular weight is 388 g/mol. The van der Waals surface area contributed by atoms with Crippen LogP contribution in [0, 0.1) is 0 Å². The third-order valence-electron chi connectivity index (χ3n) is 3.63. The summed E-state index contributed by atoms with van der Waals surface area (Å²) in [6, 6.07) is 14.7. The molecule has 27 heavy (non-hydrogen) atoms. The van der Waals surface area contributed by atoms with E-state index >= 15 is 0 Å². The van der Waals surface area contributed by atoms with Crippen LogP contribution in [0.3, 0.4) is 0 Å². The molecule has 0 spiro atoms. The van der Waals surface area contributed by atoms with E-state index in [0.29, 0.717) is 23.9 Å². The lowest BCUT2D eigenvalue weighted by Crippen LogP contribution is -2.38. The van der Waals surface area contributed by atoms with Crippen LogP contribution in [0.4, 0.5) is 0 Å². The minimum Gasteiger partial charge on any atom is -0.489 e. The normalized spacial score (nSPS) is 10.6. The highest BCUT2D eigenvalue weighted by molar-refractivity contribution is 6.35. The number of nitrogens with one attached hydrogen (secondary N) is 2. The topological polar surface area (TPSA) is 79.8 Å². The van der Waals surface area contributed by atoms with Crippen LogP contribution in [0.25, 0.3) is 0 Å². The van der Waals surface area contributed by atoms with Crippen LogP contribution in [-0.2, 0) is 16.2 Å². The molecule has 142 valence electrons. The molecular weight excluding hydrogens is 366 g/mol. The first-order valence-corrected chi connectivity index (χ1v) is 9.05. The van der Waals surface area contributed by atoms with Crippen LogP contribution in [0.15, 0.2) is 53.6 Å². The molecule has 2 amide bonds. The van der Waals surface area contributed by atoms with Gasteiger partial charge in [-0.1, -0.05) is 43.1 Å². The molecule has 2 N–H and O–H groups in total. The molecule has 0 fully saturated rings. The number of hydrogen-bond donors (Lipinski definition) is 2. The molecule has 0 heterocycles. The van der Waals surface area contributed by atoms with Crippen LogP contribution in [0.2, 0.25) is 5.02 Å². The largest absolute Gasteiger partial charge is 0.489 e. The average Bonchev–Trinajstić information content (AvgIpc) is 2.68. The van der Waals surface area contributed by atoms with Gasteiger partial charge in [-0.05, 0) is 42.3 Å². The van der Waals surface area contributed by atoms with Crippen molar-refractivity contribution < 1.29 is 14.3 Å². The third kappa shape index (κ3) is 7.11. The van der Waals surface area contributed by atoms with Crippen molar-refractivity contribution >= 4 is 29.6 Å². The predicted octanol–water partition coefficient (Wildman–Crippen LogP) is 3.29. The second kappa shape index (κ2) is 11.0. The number of hydrogen-bond acceptors (Lipinski definition) is 4. The summed E-state index contributed by atoms with van der Waals surface area (Å²) < 4.78 is 5.70. The highest BCUT2D eigenvalue weighted by atomic mass is 35.5. The molecule has 7 heteroatoms. The number of hydrazone groups is 1. The van der Waals surface area contributed by atoms with Crippen molar-refractivity contribution in [1.29, 1.82) is 0 Å². The first kappa shape index (κ1) is 20.5. The van der Waals surface area contributed by atoms with Gasteiger partial charge in [-0.15, -0.1) is 0 Å². The Balaban J connectivity index is 1.79. The number of nitrogens with zero attached hydrogens (tertiary/aromatic N) is 1. The maximum atomic E-state index is 11.6. The molecule has 0 aromatic heterocycles. The summed E-state index contributed by atoms with van der Waals surface area (Å²) in [7, 11) is 0. The second-order valence-electron chi connectivity index (χ2n) is 5.76. The van der Waals surface area contributed by atoms with Gasteiger partial charge in [0.2, 0.25) is 0 Å². The molecule has 0 saturated heterocycles. The summed E-state index contributed by atoms with van der Waals surface area (Å²) in [5.74, 6) is -0.794. The maximum absolute atomic E-state index is 11.6. The number of benzene rings is 2. The van der Waals surface area contributed by atoms with Crippen molar-refractivity contribution in [1.82, 2.24) is 10.7 Å². The third-order valence-corrected chi connectivity index (χ3v) is 4.00. The van der Waals surface area contributed by atoms with Crippen LogP contribution in [0.1, 0.15) is 30.9 Å². The second-order valence-corrected chi connectivity index (χ2v) is 6.16. The van der Waals surface area contributed by atoms with E-state index in [9.17, 15) is 9.59 Å². The SMILES string of the molecule is CCCCNC(=O)C(=O)N/N=C/c1ccc(OCc2ccccc2Cl)cc1. The number of unbranched alkanes of at least 4 members (excludes halogenated alkanes) is 1. The van der Waals surface area contributed by atoms with Crippen molar-refractivity contribution in [2.24, 2.45) is 5.10 Å². The minimum absolute atomic E-state index is 0.371. The molecule has 6 nitrogen and oxygen atoms in total. The van der Waals surface area contributed by atoms with E-state index in [1.165, 1.54) is 6.21 Å². The molecule has 0 unspecified atom stereocenters. The number of amides is 2. The summed E-state index contributed by atoms with van der Waals surface area (Å²) in [4.78, 5) is 23.1. The van der Waals surface area contributed by atoms with E-state index in [0.717, 1.165) is 24.0 Å². The van der Waals surface area contributed by atoms with Gasteiger partial charge in [-0.3, -0.25) is 9.59 Å². The fourth-order valence-electron chi connectivity index (χ4n) is 2.10. The lowest BCUT2D eigenvalue weighted by molar-refractivity contribution is -0.139. The summed E-state index contributed by atoms with van der Waals surface area (Å²) in [6.07, 6.45) is 3.22. The van der Waals surface area contributed by atoms with E-state index in [-0.39, 0.29) is 0 Å². The van der Waals surface area contributed by atoms with Gasteiger partial charge < -0.3 is 10.1 Å². The Morgan fingerprint density at radius 1 is 1.11 bits per heavy atom. The van der Waals surface area contributed by atoms with Gasteiger partial charge in [0.15, 0.2) is 0 Å². The smallest absolute Gasteiger partial charge is 0.329 e. The molecule has 0 saturated carbocycles. The van der Waals surface area contributed by atoms with Crippen molar-refractivity contribution in [3.8, 4) is 5.75 Å². The van der Waals surface area contributed by atoms with Gasteiger partial charge in [0.25, 0.3) is 0 Å². The van der Waals surface area contributed by atoms with Gasteiger partial charge in [0.1, 0.15) is 12.4 Å². The van der Waals surface area contributed by atoms with Crippen molar-refractivity contribution in [3.63, 3.8) is 0 Å². The van der Waals surface area contributed by atoms with E-state index < -0.39 is 11.8 Å². The van der Waals surface area contributed by atoms with E-state index in [1.54, 1.807) is 24.3 Å². The summed E-state index contributed by atoms with van der Waals surface area (Å²) in [6.45, 7) is 2.85. The number of carbonyl (C=O) groups excluding carboxylic acids is 2. The molecule has 0 radical (unpaired) electrons. The fourth-order valence-corrected chi connectivity index (χ4v) is 2.29. The lowest BCUT2D eigenvalue weighted by Gasteiger charge is -2.07. The van der Waals surface area contributed by atoms with Gasteiger partial charge in [0, 0.05) is 17.1 Å². The van der Waals surface area contributed by atoms with Crippen LogP contribution in [0.5, 0.6) is 5.75 Å².